The van der Waals surface area contributed by atoms with Gasteiger partial charge in [-0.2, -0.15) is 4.74 Å². The Balaban J connectivity index is 1.96. The lowest BCUT2D eigenvalue weighted by Gasteiger charge is -2.36. The Kier molecular flexibility index (Phi) is 2.79. The summed E-state index contributed by atoms with van der Waals surface area (Å²) in [4.78, 5) is 0. The molecular weight excluding hydrogens is 298 g/mol. The van der Waals surface area contributed by atoms with Gasteiger partial charge in [0.1, 0.15) is 11.4 Å². The average Bonchev–Trinajstić information content (AvgIpc) is 2.66. The number of nitrogens with zero attached hydrogens (tertiary/aromatic N) is 1. The fraction of sp³-hybridized carbons (Fsp3) is 0.476. The first kappa shape index (κ1) is 15.5. The summed E-state index contributed by atoms with van der Waals surface area (Å²) in [5, 5.41) is 13.1. The molecule has 0 unspecified atom stereocenters. The third-order valence-corrected chi connectivity index (χ3v) is 5.21. The smallest absolute Gasteiger partial charge is 0.228 e. The standard InChI is InChI=1S/C21H25NO2/c1-19(2)11-15-14-9-13-7-8-21(5,6)24-17(13)10-16(14)22(23)18(15)20(3,4)12-19/h7-11H,12H2,1-6H3. The van der Waals surface area contributed by atoms with E-state index in [1.807, 2.05) is 19.9 Å². The molecule has 2 aliphatic heterocycles. The monoisotopic (exact) mass is 323 g/mol. The SMILES string of the molecule is CC1(C)C=C2C(=[N+]([O-])c3cc4c(cc32)C=CC(C)(C)O4)C(C)(C)C1. The zero-order chi connectivity index (χ0) is 17.5. The van der Waals surface area contributed by atoms with Crippen LogP contribution < -0.4 is 4.74 Å². The molecule has 4 rings (SSSR count). The van der Waals surface area contributed by atoms with Gasteiger partial charge in [0.25, 0.3) is 0 Å². The van der Waals surface area contributed by atoms with Crippen molar-refractivity contribution in [2.24, 2.45) is 10.8 Å². The van der Waals surface area contributed by atoms with Gasteiger partial charge in [-0.25, -0.2) is 0 Å². The van der Waals surface area contributed by atoms with Crippen molar-refractivity contribution >= 4 is 23.0 Å². The van der Waals surface area contributed by atoms with Gasteiger partial charge in [0.05, 0.1) is 22.6 Å². The van der Waals surface area contributed by atoms with Crippen LogP contribution in [-0.2, 0) is 0 Å². The molecule has 0 atom stereocenters. The summed E-state index contributed by atoms with van der Waals surface area (Å²) >= 11 is 0. The minimum absolute atomic E-state index is 0.0784. The Morgan fingerprint density at radius 3 is 2.50 bits per heavy atom. The van der Waals surface area contributed by atoms with E-state index >= 15 is 0 Å². The molecule has 24 heavy (non-hydrogen) atoms. The lowest BCUT2D eigenvalue weighted by atomic mass is 9.65. The summed E-state index contributed by atoms with van der Waals surface area (Å²) in [6.45, 7) is 12.9. The van der Waals surface area contributed by atoms with Crippen LogP contribution in [0.1, 0.15) is 59.1 Å². The van der Waals surface area contributed by atoms with E-state index in [1.54, 1.807) is 0 Å². The molecule has 3 heteroatoms. The molecule has 0 saturated carbocycles. The van der Waals surface area contributed by atoms with Crippen LogP contribution >= 0.6 is 0 Å². The van der Waals surface area contributed by atoms with Crippen molar-refractivity contribution < 1.29 is 9.48 Å². The highest BCUT2D eigenvalue weighted by molar-refractivity contribution is 6.28. The average molecular weight is 323 g/mol. The van der Waals surface area contributed by atoms with E-state index in [4.69, 9.17) is 4.74 Å². The van der Waals surface area contributed by atoms with Crippen molar-refractivity contribution in [2.75, 3.05) is 0 Å². The van der Waals surface area contributed by atoms with Crippen molar-refractivity contribution in [3.63, 3.8) is 0 Å². The second kappa shape index (κ2) is 4.33. The largest absolute Gasteiger partial charge is 0.618 e. The Morgan fingerprint density at radius 2 is 1.79 bits per heavy atom. The van der Waals surface area contributed by atoms with Crippen LogP contribution in [0.4, 0.5) is 5.69 Å². The molecule has 1 aliphatic carbocycles. The highest BCUT2D eigenvalue weighted by atomic mass is 16.5. The molecular formula is C21H25NO2. The predicted octanol–water partition coefficient (Wildman–Crippen LogP) is 5.31. The van der Waals surface area contributed by atoms with E-state index in [-0.39, 0.29) is 16.4 Å². The van der Waals surface area contributed by atoms with E-state index in [2.05, 4.69) is 52.0 Å². The highest BCUT2D eigenvalue weighted by Crippen LogP contribution is 2.52. The van der Waals surface area contributed by atoms with Crippen LogP contribution in [-0.4, -0.2) is 16.1 Å². The van der Waals surface area contributed by atoms with E-state index < -0.39 is 0 Å². The normalized spacial score (nSPS) is 24.7. The van der Waals surface area contributed by atoms with Gasteiger partial charge >= 0.3 is 0 Å². The fourth-order valence-corrected chi connectivity index (χ4v) is 4.60. The number of ether oxygens (including phenoxy) is 1. The van der Waals surface area contributed by atoms with Crippen molar-refractivity contribution in [3.8, 4) is 5.75 Å². The second-order valence-corrected chi connectivity index (χ2v) is 9.20. The minimum atomic E-state index is -0.339. The maximum absolute atomic E-state index is 13.1. The third-order valence-electron chi connectivity index (χ3n) is 5.21. The zero-order valence-electron chi connectivity index (χ0n) is 15.4. The topological polar surface area (TPSA) is 35.3 Å². The Morgan fingerprint density at radius 1 is 1.08 bits per heavy atom. The maximum atomic E-state index is 13.1. The lowest BCUT2D eigenvalue weighted by molar-refractivity contribution is -0.361. The van der Waals surface area contributed by atoms with Crippen LogP contribution in [0, 0.1) is 16.0 Å². The Labute approximate surface area is 143 Å². The Hall–Kier alpha value is -2.03. The van der Waals surface area contributed by atoms with Gasteiger partial charge in [-0.15, -0.1) is 0 Å². The van der Waals surface area contributed by atoms with Crippen molar-refractivity contribution in [1.82, 2.24) is 0 Å². The van der Waals surface area contributed by atoms with Gasteiger partial charge in [0.2, 0.25) is 11.4 Å². The molecule has 2 heterocycles. The maximum Gasteiger partial charge on any atom is 0.228 e. The van der Waals surface area contributed by atoms with Gasteiger partial charge in [0, 0.05) is 5.56 Å². The van der Waals surface area contributed by atoms with Crippen molar-refractivity contribution in [2.45, 2.75) is 53.6 Å². The van der Waals surface area contributed by atoms with Crippen LogP contribution in [0.15, 0.2) is 24.3 Å². The van der Waals surface area contributed by atoms with Gasteiger partial charge in [0.15, 0.2) is 0 Å². The van der Waals surface area contributed by atoms with Crippen LogP contribution in [0.5, 0.6) is 5.75 Å². The number of allylic oxidation sites excluding steroid dienone is 2. The van der Waals surface area contributed by atoms with E-state index in [1.165, 1.54) is 0 Å². The van der Waals surface area contributed by atoms with E-state index in [9.17, 15) is 5.21 Å². The molecule has 1 aromatic carbocycles. The van der Waals surface area contributed by atoms with Crippen molar-refractivity contribution in [3.05, 3.63) is 40.6 Å². The van der Waals surface area contributed by atoms with Gasteiger partial charge in [-0.3, -0.25) is 0 Å². The number of fused-ring (bicyclic) bond motifs is 4. The van der Waals surface area contributed by atoms with Gasteiger partial charge < -0.3 is 9.94 Å². The first-order chi connectivity index (χ1) is 11.0. The quantitative estimate of drug-likeness (QED) is 0.479. The second-order valence-electron chi connectivity index (χ2n) is 9.20. The first-order valence-electron chi connectivity index (χ1n) is 8.64. The predicted molar refractivity (Wildman–Crippen MR) is 98.6 cm³/mol. The zero-order valence-corrected chi connectivity index (χ0v) is 15.4. The number of benzene rings is 1. The third kappa shape index (κ3) is 2.14. The summed E-state index contributed by atoms with van der Waals surface area (Å²) in [6, 6.07) is 4.02. The molecule has 0 saturated heterocycles. The fourth-order valence-electron chi connectivity index (χ4n) is 4.60. The van der Waals surface area contributed by atoms with Crippen LogP contribution in [0.25, 0.3) is 11.6 Å². The molecule has 0 N–H and O–H groups in total. The molecule has 3 aliphatic rings. The van der Waals surface area contributed by atoms with E-state index in [0.717, 1.165) is 39.3 Å². The molecule has 0 spiro atoms. The molecule has 0 fully saturated rings. The molecule has 0 amide bonds. The molecule has 126 valence electrons. The summed E-state index contributed by atoms with van der Waals surface area (Å²) in [5.41, 5.74) is 4.38. The van der Waals surface area contributed by atoms with Gasteiger partial charge in [-0.1, -0.05) is 26.0 Å². The molecule has 0 bridgehead atoms. The molecule has 3 nitrogen and oxygen atoms in total. The van der Waals surface area contributed by atoms with Gasteiger partial charge in [-0.05, 0) is 51.7 Å². The lowest BCUT2D eigenvalue weighted by Crippen LogP contribution is -2.36. The molecule has 0 aromatic heterocycles. The number of hydrogen-bond donors (Lipinski definition) is 0. The number of rotatable bonds is 0. The summed E-state index contributed by atoms with van der Waals surface area (Å²) in [5.74, 6) is 0.791. The first-order valence-corrected chi connectivity index (χ1v) is 8.64. The Bertz CT molecular complexity index is 851. The van der Waals surface area contributed by atoms with Crippen LogP contribution in [0.2, 0.25) is 0 Å². The van der Waals surface area contributed by atoms with Crippen LogP contribution in [0.3, 0.4) is 0 Å². The summed E-state index contributed by atoms with van der Waals surface area (Å²) in [7, 11) is 0. The minimum Gasteiger partial charge on any atom is -0.618 e. The highest BCUT2D eigenvalue weighted by Gasteiger charge is 2.48. The summed E-state index contributed by atoms with van der Waals surface area (Å²) in [6.07, 6.45) is 7.41. The molecule has 0 radical (unpaired) electrons. The van der Waals surface area contributed by atoms with E-state index in [0.29, 0.717) is 5.69 Å². The molecule has 1 aromatic rings. The number of hydrogen-bond acceptors (Lipinski definition) is 2. The summed E-state index contributed by atoms with van der Waals surface area (Å²) < 4.78 is 7.19. The van der Waals surface area contributed by atoms with Crippen molar-refractivity contribution in [1.29, 1.82) is 0 Å².